The highest BCUT2D eigenvalue weighted by molar-refractivity contribution is 5.81. The van der Waals surface area contributed by atoms with Crippen molar-refractivity contribution in [2.24, 2.45) is 5.92 Å². The summed E-state index contributed by atoms with van der Waals surface area (Å²) >= 11 is 0. The second kappa shape index (κ2) is 6.79. The van der Waals surface area contributed by atoms with E-state index in [9.17, 15) is 4.79 Å². The number of hydrogen-bond donors (Lipinski definition) is 1. The summed E-state index contributed by atoms with van der Waals surface area (Å²) in [7, 11) is 1.64. The molecule has 2 aliphatic rings. The molecule has 122 valence electrons. The molecule has 2 fully saturated rings. The van der Waals surface area contributed by atoms with Gasteiger partial charge in [-0.2, -0.15) is 5.10 Å². The summed E-state index contributed by atoms with van der Waals surface area (Å²) < 4.78 is 7.29. The van der Waals surface area contributed by atoms with Gasteiger partial charge in [0.2, 0.25) is 0 Å². The molecule has 1 unspecified atom stereocenters. The minimum absolute atomic E-state index is 0.100. The number of rotatable bonds is 6. The van der Waals surface area contributed by atoms with Gasteiger partial charge >= 0.3 is 0 Å². The summed E-state index contributed by atoms with van der Waals surface area (Å²) in [6.45, 7) is 2.19. The van der Waals surface area contributed by atoms with E-state index in [1.54, 1.807) is 13.3 Å². The Hall–Kier alpha value is -1.40. The molecule has 1 aliphatic heterocycles. The number of amides is 1. The molecular formula is C16H25N3O3. The van der Waals surface area contributed by atoms with Crippen molar-refractivity contribution in [3.05, 3.63) is 18.0 Å². The third kappa shape index (κ3) is 3.17. The number of nitrogens with zero attached hydrogens (tertiary/aromatic N) is 3. The van der Waals surface area contributed by atoms with Gasteiger partial charge < -0.3 is 14.7 Å². The molecule has 1 saturated carbocycles. The molecule has 3 rings (SSSR count). The van der Waals surface area contributed by atoms with Gasteiger partial charge in [0.15, 0.2) is 0 Å². The Morgan fingerprint density at radius 1 is 1.41 bits per heavy atom. The van der Waals surface area contributed by atoms with Crippen LogP contribution in [0.25, 0.3) is 0 Å². The van der Waals surface area contributed by atoms with Crippen LogP contribution in [0, 0.1) is 5.92 Å². The highest BCUT2D eigenvalue weighted by Gasteiger charge is 2.39. The van der Waals surface area contributed by atoms with Crippen LogP contribution in [0.3, 0.4) is 0 Å². The van der Waals surface area contributed by atoms with Gasteiger partial charge in [-0.1, -0.05) is 0 Å². The largest absolute Gasteiger partial charge is 0.394 e. The molecule has 0 radical (unpaired) electrons. The molecule has 6 heteroatoms. The van der Waals surface area contributed by atoms with E-state index in [1.807, 2.05) is 15.6 Å². The number of likely N-dealkylation sites (tertiary alicyclic amines) is 1. The van der Waals surface area contributed by atoms with Gasteiger partial charge in [0.25, 0.3) is 5.91 Å². The van der Waals surface area contributed by atoms with Gasteiger partial charge in [0, 0.05) is 38.0 Å². The van der Waals surface area contributed by atoms with Crippen molar-refractivity contribution in [3.8, 4) is 0 Å². The second-order valence-corrected chi connectivity index (χ2v) is 6.30. The third-order valence-corrected chi connectivity index (χ3v) is 4.83. The molecule has 2 heterocycles. The molecule has 0 bridgehead atoms. The lowest BCUT2D eigenvalue weighted by Crippen LogP contribution is -2.45. The fourth-order valence-corrected chi connectivity index (χ4v) is 3.44. The zero-order valence-corrected chi connectivity index (χ0v) is 13.1. The minimum atomic E-state index is -0.239. The number of piperidine rings is 1. The number of carbonyl (C=O) groups excluding carboxylic acids is 1. The van der Waals surface area contributed by atoms with Crippen LogP contribution in [0.5, 0.6) is 0 Å². The van der Waals surface area contributed by atoms with Crippen LogP contribution < -0.4 is 0 Å². The Morgan fingerprint density at radius 2 is 2.14 bits per heavy atom. The Balaban J connectivity index is 1.57. The van der Waals surface area contributed by atoms with Crippen molar-refractivity contribution in [1.29, 1.82) is 0 Å². The average Bonchev–Trinajstić information content (AvgIpc) is 3.27. The highest BCUT2D eigenvalue weighted by Crippen LogP contribution is 2.36. The first kappa shape index (κ1) is 15.5. The van der Waals surface area contributed by atoms with Crippen molar-refractivity contribution in [2.45, 2.75) is 44.2 Å². The second-order valence-electron chi connectivity index (χ2n) is 6.30. The predicted molar refractivity (Wildman–Crippen MR) is 81.4 cm³/mol. The van der Waals surface area contributed by atoms with Gasteiger partial charge in [0.1, 0.15) is 6.10 Å². The van der Waals surface area contributed by atoms with Crippen LogP contribution in [0.2, 0.25) is 0 Å². The Kier molecular flexibility index (Phi) is 4.78. The summed E-state index contributed by atoms with van der Waals surface area (Å²) in [6.07, 6.45) is 5.67. The van der Waals surface area contributed by atoms with Gasteiger partial charge in [-0.3, -0.25) is 9.48 Å². The quantitative estimate of drug-likeness (QED) is 0.851. The van der Waals surface area contributed by atoms with Crippen molar-refractivity contribution in [3.63, 3.8) is 0 Å². The predicted octanol–water partition coefficient (Wildman–Crippen LogP) is 1.01. The van der Waals surface area contributed by atoms with Gasteiger partial charge in [-0.25, -0.2) is 0 Å². The monoisotopic (exact) mass is 307 g/mol. The van der Waals surface area contributed by atoms with E-state index in [0.29, 0.717) is 18.4 Å². The van der Waals surface area contributed by atoms with Gasteiger partial charge in [-0.15, -0.1) is 0 Å². The first-order valence-corrected chi connectivity index (χ1v) is 8.18. The van der Waals surface area contributed by atoms with Crippen LogP contribution in [0.15, 0.2) is 12.3 Å². The van der Waals surface area contributed by atoms with E-state index < -0.39 is 0 Å². The maximum absolute atomic E-state index is 12.5. The molecule has 0 aromatic carbocycles. The molecule has 1 aliphatic carbocycles. The number of methoxy groups -OCH3 is 1. The smallest absolute Gasteiger partial charge is 0.251 e. The van der Waals surface area contributed by atoms with E-state index >= 15 is 0 Å². The normalized spacial score (nSPS) is 21.1. The maximum Gasteiger partial charge on any atom is 0.251 e. The zero-order valence-electron chi connectivity index (χ0n) is 13.1. The van der Waals surface area contributed by atoms with E-state index in [-0.39, 0.29) is 18.6 Å². The lowest BCUT2D eigenvalue weighted by molar-refractivity contribution is -0.144. The number of carbonyl (C=O) groups is 1. The van der Waals surface area contributed by atoms with E-state index in [2.05, 4.69) is 5.10 Å². The highest BCUT2D eigenvalue weighted by atomic mass is 16.5. The van der Waals surface area contributed by atoms with Crippen LogP contribution >= 0.6 is 0 Å². The van der Waals surface area contributed by atoms with Crippen LogP contribution in [0.1, 0.15) is 37.3 Å². The maximum atomic E-state index is 12.5. The number of aromatic nitrogens is 2. The molecule has 1 saturated heterocycles. The molecule has 1 atom stereocenters. The first-order valence-electron chi connectivity index (χ1n) is 8.18. The summed E-state index contributed by atoms with van der Waals surface area (Å²) in [5.41, 5.74) is 1.17. The fourth-order valence-electron chi connectivity index (χ4n) is 3.44. The van der Waals surface area contributed by atoms with Gasteiger partial charge in [-0.05, 0) is 37.7 Å². The van der Waals surface area contributed by atoms with Crippen LogP contribution in [0.4, 0.5) is 0 Å². The molecule has 0 spiro atoms. The topological polar surface area (TPSA) is 67.6 Å². The minimum Gasteiger partial charge on any atom is -0.394 e. The molecule has 1 amide bonds. The van der Waals surface area contributed by atoms with Gasteiger partial charge in [0.05, 0.1) is 13.2 Å². The Morgan fingerprint density at radius 3 is 2.73 bits per heavy atom. The molecular weight excluding hydrogens is 282 g/mol. The summed E-state index contributed by atoms with van der Waals surface area (Å²) in [4.78, 5) is 14.5. The number of hydrogen-bond acceptors (Lipinski definition) is 4. The summed E-state index contributed by atoms with van der Waals surface area (Å²) in [5, 5.41) is 13.4. The SMILES string of the molecule is COC(C(=O)N1CCC(c2ccnn2CCO)CC1)C1CC1. The van der Waals surface area contributed by atoms with E-state index in [1.165, 1.54) is 5.69 Å². The van der Waals surface area contributed by atoms with Crippen molar-refractivity contribution in [1.82, 2.24) is 14.7 Å². The molecule has 1 N–H and O–H groups in total. The molecule has 1 aromatic rings. The lowest BCUT2D eigenvalue weighted by Gasteiger charge is -2.34. The number of aliphatic hydroxyl groups excluding tert-OH is 1. The molecule has 22 heavy (non-hydrogen) atoms. The lowest BCUT2D eigenvalue weighted by atomic mass is 9.93. The van der Waals surface area contributed by atoms with Crippen molar-refractivity contribution < 1.29 is 14.6 Å². The third-order valence-electron chi connectivity index (χ3n) is 4.83. The molecule has 1 aromatic heterocycles. The first-order chi connectivity index (χ1) is 10.7. The fraction of sp³-hybridized carbons (Fsp3) is 0.750. The average molecular weight is 307 g/mol. The number of ether oxygens (including phenoxy) is 1. The van der Waals surface area contributed by atoms with Crippen molar-refractivity contribution >= 4 is 5.91 Å². The van der Waals surface area contributed by atoms with E-state index in [0.717, 1.165) is 38.8 Å². The Bertz CT molecular complexity index is 504. The summed E-state index contributed by atoms with van der Waals surface area (Å²) in [6, 6.07) is 2.03. The van der Waals surface area contributed by atoms with Crippen LogP contribution in [-0.2, 0) is 16.1 Å². The van der Waals surface area contributed by atoms with Crippen molar-refractivity contribution in [2.75, 3.05) is 26.8 Å². The zero-order chi connectivity index (χ0) is 15.5. The standard InChI is InChI=1S/C16H25N3O3/c1-22-15(13-2-3-13)16(21)18-8-5-12(6-9-18)14-4-7-17-19(14)10-11-20/h4,7,12-13,15,20H,2-3,5-6,8-11H2,1H3. The Labute approximate surface area is 131 Å². The number of aliphatic hydroxyl groups is 1. The summed E-state index contributed by atoms with van der Waals surface area (Å²) in [5.74, 6) is 1.01. The molecule has 6 nitrogen and oxygen atoms in total. The van der Waals surface area contributed by atoms with E-state index in [4.69, 9.17) is 9.84 Å². The van der Waals surface area contributed by atoms with Crippen LogP contribution in [-0.4, -0.2) is 58.6 Å².